The average molecular weight is 348 g/mol. The molecule has 4 rings (SSSR count). The summed E-state index contributed by atoms with van der Waals surface area (Å²) in [6.07, 6.45) is 0.903. The van der Waals surface area contributed by atoms with E-state index in [-0.39, 0.29) is 5.69 Å². The number of rotatable bonds is 4. The first-order valence-electron chi connectivity index (χ1n) is 8.66. The van der Waals surface area contributed by atoms with Crippen molar-refractivity contribution in [3.63, 3.8) is 0 Å². The zero-order valence-electron chi connectivity index (χ0n) is 14.6. The second kappa shape index (κ2) is 6.72. The van der Waals surface area contributed by atoms with Crippen molar-refractivity contribution in [2.45, 2.75) is 26.4 Å². The van der Waals surface area contributed by atoms with E-state index in [4.69, 9.17) is 0 Å². The molecule has 0 saturated heterocycles. The number of aromatic carboxylic acids is 1. The summed E-state index contributed by atoms with van der Waals surface area (Å²) in [4.78, 5) is 13.7. The van der Waals surface area contributed by atoms with E-state index in [0.717, 1.165) is 31.7 Å². The lowest BCUT2D eigenvalue weighted by molar-refractivity contribution is 0.0689. The van der Waals surface area contributed by atoms with Crippen LogP contribution in [0.2, 0.25) is 0 Å². The van der Waals surface area contributed by atoms with Crippen molar-refractivity contribution < 1.29 is 9.90 Å². The molecule has 1 aliphatic rings. The summed E-state index contributed by atoms with van der Waals surface area (Å²) in [7, 11) is 0. The third-order valence-electron chi connectivity index (χ3n) is 4.89. The van der Waals surface area contributed by atoms with Gasteiger partial charge >= 0.3 is 5.97 Å². The van der Waals surface area contributed by atoms with Crippen molar-refractivity contribution >= 4 is 5.97 Å². The van der Waals surface area contributed by atoms with Gasteiger partial charge < -0.3 is 5.11 Å². The van der Waals surface area contributed by atoms with Gasteiger partial charge in [-0.05, 0) is 36.1 Å². The molecule has 1 aliphatic heterocycles. The largest absolute Gasteiger partial charge is 0.476 e. The highest BCUT2D eigenvalue weighted by atomic mass is 16.4. The first-order chi connectivity index (χ1) is 12.6. The maximum atomic E-state index is 11.2. The number of carboxylic acid groups (broad SMARTS) is 1. The van der Waals surface area contributed by atoms with Crippen LogP contribution in [0.4, 0.5) is 0 Å². The first-order valence-corrected chi connectivity index (χ1v) is 8.66. The summed E-state index contributed by atoms with van der Waals surface area (Å²) >= 11 is 0. The maximum absolute atomic E-state index is 11.2. The molecule has 0 saturated carbocycles. The van der Waals surface area contributed by atoms with Crippen LogP contribution in [-0.4, -0.2) is 37.5 Å². The van der Waals surface area contributed by atoms with Crippen molar-refractivity contribution in [3.05, 3.63) is 76.6 Å². The van der Waals surface area contributed by atoms with E-state index in [0.29, 0.717) is 5.69 Å². The Bertz CT molecular complexity index is 950. The topological polar surface area (TPSA) is 71.2 Å². The zero-order valence-corrected chi connectivity index (χ0v) is 14.6. The average Bonchev–Trinajstić information content (AvgIpc) is 3.03. The second-order valence-corrected chi connectivity index (χ2v) is 6.60. The van der Waals surface area contributed by atoms with Gasteiger partial charge in [-0.1, -0.05) is 47.7 Å². The van der Waals surface area contributed by atoms with E-state index >= 15 is 0 Å². The predicted octanol–water partition coefficient (Wildman–Crippen LogP) is 2.83. The number of hydrogen-bond acceptors (Lipinski definition) is 4. The standard InChI is InChI=1S/C20H20N4O2/c1-14-19(20(25)26)21-22-24(14)18-9-5-8-16-13-23(11-10-17(16)18)12-15-6-3-2-4-7-15/h2-9H,10-13H2,1H3,(H,25,26). The van der Waals surface area contributed by atoms with E-state index in [1.165, 1.54) is 16.7 Å². The highest BCUT2D eigenvalue weighted by Crippen LogP contribution is 2.27. The van der Waals surface area contributed by atoms with Gasteiger partial charge in [0.25, 0.3) is 0 Å². The summed E-state index contributed by atoms with van der Waals surface area (Å²) in [6, 6.07) is 16.6. The summed E-state index contributed by atoms with van der Waals surface area (Å²) in [5.41, 5.74) is 5.28. The van der Waals surface area contributed by atoms with Gasteiger partial charge in [0, 0.05) is 19.6 Å². The van der Waals surface area contributed by atoms with Crippen molar-refractivity contribution in [1.82, 2.24) is 19.9 Å². The number of carboxylic acids is 1. The summed E-state index contributed by atoms with van der Waals surface area (Å²) in [6.45, 7) is 4.50. The Hall–Kier alpha value is -2.99. The van der Waals surface area contributed by atoms with Crippen LogP contribution in [0, 0.1) is 6.92 Å². The molecule has 6 heteroatoms. The molecule has 3 aromatic rings. The van der Waals surface area contributed by atoms with Gasteiger partial charge in [-0.15, -0.1) is 5.10 Å². The van der Waals surface area contributed by atoms with Crippen LogP contribution in [0.15, 0.2) is 48.5 Å². The Morgan fingerprint density at radius 3 is 2.69 bits per heavy atom. The number of hydrogen-bond donors (Lipinski definition) is 1. The Morgan fingerprint density at radius 1 is 1.15 bits per heavy atom. The van der Waals surface area contributed by atoms with Crippen LogP contribution in [0.25, 0.3) is 5.69 Å². The molecule has 6 nitrogen and oxygen atoms in total. The van der Waals surface area contributed by atoms with Crippen LogP contribution in [-0.2, 0) is 19.5 Å². The van der Waals surface area contributed by atoms with E-state index in [1.807, 2.05) is 18.2 Å². The third kappa shape index (κ3) is 2.99. The van der Waals surface area contributed by atoms with Gasteiger partial charge in [0.1, 0.15) is 0 Å². The van der Waals surface area contributed by atoms with Crippen molar-refractivity contribution in [2.75, 3.05) is 6.54 Å². The molecule has 26 heavy (non-hydrogen) atoms. The molecule has 0 spiro atoms. The van der Waals surface area contributed by atoms with Crippen LogP contribution >= 0.6 is 0 Å². The minimum Gasteiger partial charge on any atom is -0.476 e. The number of benzene rings is 2. The fraction of sp³-hybridized carbons (Fsp3) is 0.250. The van der Waals surface area contributed by atoms with Gasteiger partial charge in [-0.2, -0.15) is 0 Å². The Balaban J connectivity index is 1.62. The highest BCUT2D eigenvalue weighted by molar-refractivity contribution is 5.86. The number of fused-ring (bicyclic) bond motifs is 1. The molecule has 0 radical (unpaired) electrons. The fourth-order valence-corrected chi connectivity index (χ4v) is 3.58. The van der Waals surface area contributed by atoms with Crippen LogP contribution in [0.1, 0.15) is 32.9 Å². The van der Waals surface area contributed by atoms with Crippen molar-refractivity contribution in [1.29, 1.82) is 0 Å². The van der Waals surface area contributed by atoms with Crippen LogP contribution in [0.5, 0.6) is 0 Å². The smallest absolute Gasteiger partial charge is 0.358 e. The summed E-state index contributed by atoms with van der Waals surface area (Å²) in [5, 5.41) is 17.1. The molecular weight excluding hydrogens is 328 g/mol. The van der Waals surface area contributed by atoms with Gasteiger partial charge in [0.05, 0.1) is 11.4 Å². The second-order valence-electron chi connectivity index (χ2n) is 6.60. The fourth-order valence-electron chi connectivity index (χ4n) is 3.58. The third-order valence-corrected chi connectivity index (χ3v) is 4.89. The summed E-state index contributed by atoms with van der Waals surface area (Å²) in [5.74, 6) is -1.05. The van der Waals surface area contributed by atoms with Crippen molar-refractivity contribution in [2.24, 2.45) is 0 Å². The first kappa shape index (κ1) is 16.5. The van der Waals surface area contributed by atoms with E-state index < -0.39 is 5.97 Å². The Kier molecular flexibility index (Phi) is 4.26. The quantitative estimate of drug-likeness (QED) is 0.785. The molecule has 0 amide bonds. The molecule has 2 heterocycles. The number of carbonyl (C=O) groups is 1. The van der Waals surface area contributed by atoms with E-state index in [9.17, 15) is 9.90 Å². The predicted molar refractivity (Wildman–Crippen MR) is 97.3 cm³/mol. The lowest BCUT2D eigenvalue weighted by Crippen LogP contribution is -2.30. The molecular formula is C20H20N4O2. The SMILES string of the molecule is Cc1c(C(=O)O)nnn1-c1cccc2c1CCN(Cc1ccccc1)C2. The normalized spacial score (nSPS) is 14.2. The van der Waals surface area contributed by atoms with Crippen LogP contribution < -0.4 is 0 Å². The van der Waals surface area contributed by atoms with Gasteiger partial charge in [0.15, 0.2) is 5.69 Å². The molecule has 132 valence electrons. The molecule has 2 aromatic carbocycles. The summed E-state index contributed by atoms with van der Waals surface area (Å²) < 4.78 is 1.65. The minimum atomic E-state index is -1.05. The zero-order chi connectivity index (χ0) is 18.1. The monoisotopic (exact) mass is 348 g/mol. The minimum absolute atomic E-state index is 0.00381. The van der Waals surface area contributed by atoms with Gasteiger partial charge in [-0.3, -0.25) is 4.90 Å². The number of nitrogens with zero attached hydrogens (tertiary/aromatic N) is 4. The molecule has 0 atom stereocenters. The van der Waals surface area contributed by atoms with E-state index in [1.54, 1.807) is 11.6 Å². The lowest BCUT2D eigenvalue weighted by Gasteiger charge is -2.30. The molecule has 0 unspecified atom stereocenters. The highest BCUT2D eigenvalue weighted by Gasteiger charge is 2.22. The van der Waals surface area contributed by atoms with Gasteiger partial charge in [0.2, 0.25) is 0 Å². The van der Waals surface area contributed by atoms with Crippen LogP contribution in [0.3, 0.4) is 0 Å². The van der Waals surface area contributed by atoms with Crippen molar-refractivity contribution in [3.8, 4) is 5.69 Å². The molecule has 1 N–H and O–H groups in total. The molecule has 0 bridgehead atoms. The number of aromatic nitrogens is 3. The Morgan fingerprint density at radius 2 is 1.96 bits per heavy atom. The molecule has 1 aromatic heterocycles. The van der Waals surface area contributed by atoms with Gasteiger partial charge in [-0.25, -0.2) is 9.48 Å². The molecule has 0 aliphatic carbocycles. The van der Waals surface area contributed by atoms with E-state index in [2.05, 4.69) is 45.5 Å². The Labute approximate surface area is 151 Å². The maximum Gasteiger partial charge on any atom is 0.358 e. The lowest BCUT2D eigenvalue weighted by atomic mass is 9.97. The molecule has 0 fully saturated rings.